The molecular weight excluding hydrogens is 300 g/mol. The highest BCUT2D eigenvalue weighted by atomic mass is 15.3. The lowest BCUT2D eigenvalue weighted by atomic mass is 10.2. The third kappa shape index (κ3) is 3.08. The highest BCUT2D eigenvalue weighted by Gasteiger charge is 2.05. The Morgan fingerprint density at radius 3 is 1.58 bits per heavy atom. The Morgan fingerprint density at radius 2 is 1.17 bits per heavy atom. The number of aryl methyl sites for hydroxylation is 2. The molecule has 6 nitrogen and oxygen atoms in total. The minimum absolute atomic E-state index is 0.845. The van der Waals surface area contributed by atoms with E-state index >= 15 is 0 Å². The average Bonchev–Trinajstić information content (AvgIpc) is 3.31. The summed E-state index contributed by atoms with van der Waals surface area (Å²) < 4.78 is 3.69. The molecule has 0 atom stereocenters. The van der Waals surface area contributed by atoms with Gasteiger partial charge >= 0.3 is 0 Å². The van der Waals surface area contributed by atoms with Gasteiger partial charge in [0.2, 0.25) is 0 Å². The van der Waals surface area contributed by atoms with Crippen molar-refractivity contribution in [1.82, 2.24) is 29.5 Å². The Bertz CT molecular complexity index is 833. The van der Waals surface area contributed by atoms with Gasteiger partial charge in [-0.05, 0) is 49.2 Å². The number of pyridine rings is 2. The Balaban J connectivity index is 1.43. The summed E-state index contributed by atoms with van der Waals surface area (Å²) in [5.41, 5.74) is 4.00. The molecule has 0 fully saturated rings. The van der Waals surface area contributed by atoms with Crippen molar-refractivity contribution in [2.45, 2.75) is 12.8 Å². The molecular formula is C18H16N6. The minimum atomic E-state index is 0.845. The van der Waals surface area contributed by atoms with Gasteiger partial charge in [0.15, 0.2) is 0 Å². The number of aromatic nitrogens is 6. The van der Waals surface area contributed by atoms with Crippen molar-refractivity contribution >= 4 is 0 Å². The molecule has 0 aliphatic carbocycles. The topological polar surface area (TPSA) is 61.4 Å². The maximum atomic E-state index is 4.59. The largest absolute Gasteiger partial charge is 0.262 e. The first-order valence-electron chi connectivity index (χ1n) is 7.78. The molecule has 4 rings (SSSR count). The molecule has 0 radical (unpaired) electrons. The van der Waals surface area contributed by atoms with E-state index in [2.05, 4.69) is 20.2 Å². The fourth-order valence-corrected chi connectivity index (χ4v) is 2.51. The van der Waals surface area contributed by atoms with Crippen LogP contribution in [0.15, 0.2) is 73.6 Å². The molecule has 4 aromatic rings. The van der Waals surface area contributed by atoms with Crippen LogP contribution in [0.3, 0.4) is 0 Å². The third-order valence-corrected chi connectivity index (χ3v) is 3.75. The standard InChI is InChI=1S/C18H16N6/c1-3-17(13-19-9-1)23-11-7-15(21-23)5-6-16-8-12-24(22-16)18-4-2-10-20-14-18/h1-4,7-14H,5-6H2. The molecule has 6 heteroatoms. The third-order valence-electron chi connectivity index (χ3n) is 3.75. The average molecular weight is 316 g/mol. The van der Waals surface area contributed by atoms with Crippen LogP contribution >= 0.6 is 0 Å². The Labute approximate surface area is 139 Å². The van der Waals surface area contributed by atoms with Gasteiger partial charge in [-0.2, -0.15) is 10.2 Å². The van der Waals surface area contributed by atoms with Crippen LogP contribution < -0.4 is 0 Å². The van der Waals surface area contributed by atoms with Crippen molar-refractivity contribution in [2.75, 3.05) is 0 Å². The summed E-state index contributed by atoms with van der Waals surface area (Å²) in [5.74, 6) is 0. The van der Waals surface area contributed by atoms with E-state index in [4.69, 9.17) is 0 Å². The lowest BCUT2D eigenvalue weighted by Gasteiger charge is -2.00. The van der Waals surface area contributed by atoms with E-state index in [0.29, 0.717) is 0 Å². The monoisotopic (exact) mass is 316 g/mol. The number of rotatable bonds is 5. The normalized spacial score (nSPS) is 10.8. The van der Waals surface area contributed by atoms with Crippen LogP contribution in [0, 0.1) is 0 Å². The van der Waals surface area contributed by atoms with E-state index < -0.39 is 0 Å². The van der Waals surface area contributed by atoms with Gasteiger partial charge in [-0.25, -0.2) is 9.36 Å². The molecule has 0 aliphatic heterocycles. The van der Waals surface area contributed by atoms with E-state index in [0.717, 1.165) is 35.6 Å². The molecule has 4 aromatic heterocycles. The van der Waals surface area contributed by atoms with Crippen molar-refractivity contribution in [1.29, 1.82) is 0 Å². The predicted octanol–water partition coefficient (Wildman–Crippen LogP) is 2.63. The second kappa shape index (κ2) is 6.45. The molecule has 0 aliphatic rings. The maximum absolute atomic E-state index is 4.59. The predicted molar refractivity (Wildman–Crippen MR) is 90.1 cm³/mol. The number of hydrogen-bond donors (Lipinski definition) is 0. The quantitative estimate of drug-likeness (QED) is 0.568. The lowest BCUT2D eigenvalue weighted by molar-refractivity contribution is 0.783. The minimum Gasteiger partial charge on any atom is -0.262 e. The summed E-state index contributed by atoms with van der Waals surface area (Å²) in [7, 11) is 0. The first-order chi connectivity index (χ1) is 11.9. The van der Waals surface area contributed by atoms with Gasteiger partial charge in [-0.15, -0.1) is 0 Å². The van der Waals surface area contributed by atoms with E-state index in [1.165, 1.54) is 0 Å². The van der Waals surface area contributed by atoms with Crippen LogP contribution in [0.5, 0.6) is 0 Å². The molecule has 4 heterocycles. The van der Waals surface area contributed by atoms with Crippen LogP contribution in [0.1, 0.15) is 11.4 Å². The maximum Gasteiger partial charge on any atom is 0.0828 e. The molecule has 0 N–H and O–H groups in total. The highest BCUT2D eigenvalue weighted by molar-refractivity contribution is 5.28. The zero-order chi connectivity index (χ0) is 16.2. The van der Waals surface area contributed by atoms with Gasteiger partial charge in [0.25, 0.3) is 0 Å². The Kier molecular flexibility index (Phi) is 3.85. The van der Waals surface area contributed by atoms with Crippen LogP contribution in [0.4, 0.5) is 0 Å². The van der Waals surface area contributed by atoms with Crippen molar-refractivity contribution in [3.63, 3.8) is 0 Å². The van der Waals surface area contributed by atoms with Crippen molar-refractivity contribution in [3.8, 4) is 11.4 Å². The van der Waals surface area contributed by atoms with Gasteiger partial charge in [0.1, 0.15) is 0 Å². The van der Waals surface area contributed by atoms with E-state index in [1.807, 2.05) is 58.2 Å². The van der Waals surface area contributed by atoms with Crippen molar-refractivity contribution < 1.29 is 0 Å². The highest BCUT2D eigenvalue weighted by Crippen LogP contribution is 2.10. The molecule has 0 saturated heterocycles. The molecule has 0 aromatic carbocycles. The molecule has 0 unspecified atom stereocenters. The van der Waals surface area contributed by atoms with Crippen molar-refractivity contribution in [2.24, 2.45) is 0 Å². The number of nitrogens with zero attached hydrogens (tertiary/aromatic N) is 6. The summed E-state index contributed by atoms with van der Waals surface area (Å²) in [6.07, 6.45) is 12.7. The molecule has 0 bridgehead atoms. The SMILES string of the molecule is c1cncc(-n2ccc(CCc3ccn(-c4cccnc4)n3)n2)c1. The summed E-state index contributed by atoms with van der Waals surface area (Å²) >= 11 is 0. The van der Waals surface area contributed by atoms with Gasteiger partial charge in [0, 0.05) is 24.8 Å². The fraction of sp³-hybridized carbons (Fsp3) is 0.111. The van der Waals surface area contributed by atoms with Crippen LogP contribution in [-0.4, -0.2) is 29.5 Å². The molecule has 118 valence electrons. The van der Waals surface area contributed by atoms with E-state index in [9.17, 15) is 0 Å². The van der Waals surface area contributed by atoms with Crippen LogP contribution in [-0.2, 0) is 12.8 Å². The summed E-state index contributed by atoms with van der Waals surface area (Å²) in [5, 5.41) is 9.19. The number of hydrogen-bond acceptors (Lipinski definition) is 4. The van der Waals surface area contributed by atoms with Gasteiger partial charge in [-0.1, -0.05) is 0 Å². The van der Waals surface area contributed by atoms with E-state index in [1.54, 1.807) is 24.8 Å². The first kappa shape index (κ1) is 14.3. The van der Waals surface area contributed by atoms with E-state index in [-0.39, 0.29) is 0 Å². The smallest absolute Gasteiger partial charge is 0.0828 e. The fourth-order valence-electron chi connectivity index (χ4n) is 2.51. The zero-order valence-corrected chi connectivity index (χ0v) is 13.0. The van der Waals surface area contributed by atoms with Gasteiger partial charge in [0.05, 0.1) is 35.2 Å². The zero-order valence-electron chi connectivity index (χ0n) is 13.0. The molecule has 0 saturated carbocycles. The van der Waals surface area contributed by atoms with Gasteiger partial charge < -0.3 is 0 Å². The summed E-state index contributed by atoms with van der Waals surface area (Å²) in [6.45, 7) is 0. The van der Waals surface area contributed by atoms with Crippen molar-refractivity contribution in [3.05, 3.63) is 85.0 Å². The van der Waals surface area contributed by atoms with Gasteiger partial charge in [-0.3, -0.25) is 9.97 Å². The summed E-state index contributed by atoms with van der Waals surface area (Å²) in [4.78, 5) is 8.23. The van der Waals surface area contributed by atoms with Crippen LogP contribution in [0.2, 0.25) is 0 Å². The molecule has 0 amide bonds. The second-order valence-corrected chi connectivity index (χ2v) is 5.43. The Morgan fingerprint density at radius 1 is 0.667 bits per heavy atom. The lowest BCUT2D eigenvalue weighted by Crippen LogP contribution is -1.99. The second-order valence-electron chi connectivity index (χ2n) is 5.43. The first-order valence-corrected chi connectivity index (χ1v) is 7.78. The van der Waals surface area contributed by atoms with Crippen LogP contribution in [0.25, 0.3) is 11.4 Å². The molecule has 24 heavy (non-hydrogen) atoms. The Hall–Kier alpha value is -3.28. The summed E-state index contributed by atoms with van der Waals surface area (Å²) in [6, 6.07) is 11.8. The molecule has 0 spiro atoms.